The Morgan fingerprint density at radius 2 is 2.30 bits per heavy atom. The van der Waals surface area contributed by atoms with Gasteiger partial charge in [-0.15, -0.1) is 11.3 Å². The molecule has 0 aliphatic carbocycles. The van der Waals surface area contributed by atoms with Crippen LogP contribution in [0.2, 0.25) is 0 Å². The van der Waals surface area contributed by atoms with Crippen molar-refractivity contribution in [2.24, 2.45) is 0 Å². The van der Waals surface area contributed by atoms with Crippen LogP contribution >= 0.6 is 11.3 Å². The third-order valence-electron chi connectivity index (χ3n) is 2.96. The highest BCUT2D eigenvalue weighted by molar-refractivity contribution is 7.15. The maximum atomic E-state index is 9.32. The van der Waals surface area contributed by atoms with Crippen molar-refractivity contribution in [3.8, 4) is 11.5 Å². The highest BCUT2D eigenvalue weighted by Crippen LogP contribution is 2.25. The molecule has 0 bridgehead atoms. The predicted octanol–water partition coefficient (Wildman–Crippen LogP) is 2.48. The average Bonchev–Trinajstić information content (AvgIpc) is 3.05. The molecule has 0 radical (unpaired) electrons. The molecule has 6 heteroatoms. The lowest BCUT2D eigenvalue weighted by Crippen LogP contribution is -1.99. The van der Waals surface area contributed by atoms with Crippen molar-refractivity contribution in [1.82, 2.24) is 9.38 Å². The van der Waals surface area contributed by atoms with Gasteiger partial charge in [-0.3, -0.25) is 4.40 Å². The first-order chi connectivity index (χ1) is 9.80. The van der Waals surface area contributed by atoms with Gasteiger partial charge < -0.3 is 14.6 Å². The van der Waals surface area contributed by atoms with E-state index in [0.29, 0.717) is 18.1 Å². The Morgan fingerprint density at radius 3 is 3.05 bits per heavy atom. The number of benzene rings is 1. The molecule has 0 amide bonds. The molecule has 1 N–H and O–H groups in total. The Balaban J connectivity index is 1.78. The minimum absolute atomic E-state index is 0.0718. The lowest BCUT2D eigenvalue weighted by atomic mass is 10.2. The monoisotopic (exact) mass is 290 g/mol. The number of methoxy groups -OCH3 is 1. The van der Waals surface area contributed by atoms with Crippen molar-refractivity contribution in [3.05, 3.63) is 47.2 Å². The van der Waals surface area contributed by atoms with Crippen LogP contribution in [0.25, 0.3) is 4.96 Å². The molecule has 0 saturated carbocycles. The van der Waals surface area contributed by atoms with E-state index in [1.807, 2.05) is 22.2 Å². The van der Waals surface area contributed by atoms with E-state index in [-0.39, 0.29) is 6.61 Å². The molecule has 0 fully saturated rings. The molecule has 0 unspecified atom stereocenters. The molecule has 2 heterocycles. The molecular weight excluding hydrogens is 276 g/mol. The van der Waals surface area contributed by atoms with Crippen LogP contribution in [-0.2, 0) is 13.2 Å². The number of aromatic nitrogens is 2. The minimum Gasteiger partial charge on any atom is -0.497 e. The zero-order valence-corrected chi connectivity index (χ0v) is 11.8. The maximum absolute atomic E-state index is 9.32. The Morgan fingerprint density at radius 1 is 1.40 bits per heavy atom. The zero-order valence-electron chi connectivity index (χ0n) is 10.9. The smallest absolute Gasteiger partial charge is 0.193 e. The van der Waals surface area contributed by atoms with E-state index in [0.717, 1.165) is 16.2 Å². The van der Waals surface area contributed by atoms with E-state index < -0.39 is 0 Å². The van der Waals surface area contributed by atoms with E-state index in [4.69, 9.17) is 9.47 Å². The fraction of sp³-hybridized carbons (Fsp3) is 0.214. The van der Waals surface area contributed by atoms with Gasteiger partial charge in [0.2, 0.25) is 0 Å². The van der Waals surface area contributed by atoms with Gasteiger partial charge in [0.1, 0.15) is 18.1 Å². The Bertz CT molecular complexity index is 692. The molecule has 2 aromatic heterocycles. The summed E-state index contributed by atoms with van der Waals surface area (Å²) >= 11 is 1.58. The van der Waals surface area contributed by atoms with Gasteiger partial charge in [-0.25, -0.2) is 4.98 Å². The number of rotatable bonds is 5. The molecule has 104 valence electrons. The number of imidazole rings is 1. The number of aliphatic hydroxyl groups excluding tert-OH is 1. The van der Waals surface area contributed by atoms with E-state index in [9.17, 15) is 5.11 Å². The van der Waals surface area contributed by atoms with Crippen molar-refractivity contribution in [1.29, 1.82) is 0 Å². The topological polar surface area (TPSA) is 56.0 Å². The first-order valence-corrected chi connectivity index (χ1v) is 7.00. The van der Waals surface area contributed by atoms with E-state index >= 15 is 0 Å². The Hall–Kier alpha value is -2.05. The largest absolute Gasteiger partial charge is 0.497 e. The molecule has 20 heavy (non-hydrogen) atoms. The number of aliphatic hydroxyl groups is 1. The van der Waals surface area contributed by atoms with Crippen LogP contribution in [0.3, 0.4) is 0 Å². The SMILES string of the molecule is COc1ccc(CO)c(OCc2cn3ccsc3n2)c1. The number of hydrogen-bond donors (Lipinski definition) is 1. The summed E-state index contributed by atoms with van der Waals surface area (Å²) in [5.41, 5.74) is 1.58. The van der Waals surface area contributed by atoms with Gasteiger partial charge in [0, 0.05) is 29.4 Å². The number of thiazole rings is 1. The molecule has 0 aliphatic rings. The molecule has 3 aromatic rings. The van der Waals surface area contributed by atoms with Crippen molar-refractivity contribution < 1.29 is 14.6 Å². The van der Waals surface area contributed by atoms with Crippen molar-refractivity contribution in [3.63, 3.8) is 0 Å². The minimum atomic E-state index is -0.0718. The lowest BCUT2D eigenvalue weighted by molar-refractivity contribution is 0.256. The van der Waals surface area contributed by atoms with Crippen LogP contribution in [0.4, 0.5) is 0 Å². The van der Waals surface area contributed by atoms with Crippen molar-refractivity contribution in [2.45, 2.75) is 13.2 Å². The van der Waals surface area contributed by atoms with Crippen molar-refractivity contribution in [2.75, 3.05) is 7.11 Å². The van der Waals surface area contributed by atoms with Gasteiger partial charge >= 0.3 is 0 Å². The van der Waals surface area contributed by atoms with E-state index in [1.54, 1.807) is 36.6 Å². The van der Waals surface area contributed by atoms with Crippen LogP contribution in [0.1, 0.15) is 11.3 Å². The summed E-state index contributed by atoms with van der Waals surface area (Å²) in [6.45, 7) is 0.284. The van der Waals surface area contributed by atoms with Gasteiger partial charge in [0.15, 0.2) is 4.96 Å². The molecule has 0 saturated heterocycles. The highest BCUT2D eigenvalue weighted by Gasteiger charge is 2.08. The van der Waals surface area contributed by atoms with Gasteiger partial charge in [-0.05, 0) is 12.1 Å². The average molecular weight is 290 g/mol. The lowest BCUT2D eigenvalue weighted by Gasteiger charge is -2.10. The van der Waals surface area contributed by atoms with Gasteiger partial charge in [0.05, 0.1) is 19.4 Å². The summed E-state index contributed by atoms with van der Waals surface area (Å²) in [6, 6.07) is 5.36. The molecule has 0 aliphatic heterocycles. The molecular formula is C14H14N2O3S. The van der Waals surface area contributed by atoms with Crippen LogP contribution in [0, 0.1) is 0 Å². The number of nitrogens with zero attached hydrogens (tertiary/aromatic N) is 2. The second kappa shape index (κ2) is 5.52. The van der Waals surface area contributed by atoms with Crippen LogP contribution in [-0.4, -0.2) is 21.6 Å². The molecule has 3 rings (SSSR count). The van der Waals surface area contributed by atoms with Gasteiger partial charge in [0.25, 0.3) is 0 Å². The zero-order chi connectivity index (χ0) is 13.9. The first-order valence-electron chi connectivity index (χ1n) is 6.12. The maximum Gasteiger partial charge on any atom is 0.193 e. The quantitative estimate of drug-likeness (QED) is 0.784. The molecule has 5 nitrogen and oxygen atoms in total. The number of fused-ring (bicyclic) bond motifs is 1. The fourth-order valence-corrected chi connectivity index (χ4v) is 2.64. The summed E-state index contributed by atoms with van der Waals surface area (Å²) in [4.78, 5) is 5.39. The van der Waals surface area contributed by atoms with E-state index in [2.05, 4.69) is 4.98 Å². The third-order valence-corrected chi connectivity index (χ3v) is 3.73. The van der Waals surface area contributed by atoms with Gasteiger partial charge in [-0.1, -0.05) is 0 Å². The Kier molecular flexibility index (Phi) is 3.58. The summed E-state index contributed by atoms with van der Waals surface area (Å²) in [6.07, 6.45) is 3.89. The standard InChI is InChI=1S/C14H14N2O3S/c1-18-12-3-2-10(8-17)13(6-12)19-9-11-7-16-4-5-20-14(16)15-11/h2-7,17H,8-9H2,1H3. The first kappa shape index (κ1) is 13.0. The fourth-order valence-electron chi connectivity index (χ4n) is 1.92. The third kappa shape index (κ3) is 2.48. The second-order valence-corrected chi connectivity index (χ2v) is 5.12. The number of hydrogen-bond acceptors (Lipinski definition) is 5. The summed E-state index contributed by atoms with van der Waals surface area (Å²) < 4.78 is 12.9. The molecule has 1 aromatic carbocycles. The Labute approximate surface area is 120 Å². The second-order valence-electron chi connectivity index (χ2n) is 4.25. The number of ether oxygens (including phenoxy) is 2. The molecule has 0 atom stereocenters. The van der Waals surface area contributed by atoms with Gasteiger partial charge in [-0.2, -0.15) is 0 Å². The highest BCUT2D eigenvalue weighted by atomic mass is 32.1. The van der Waals surface area contributed by atoms with Crippen LogP contribution < -0.4 is 9.47 Å². The summed E-state index contributed by atoms with van der Waals surface area (Å²) in [7, 11) is 1.60. The normalized spacial score (nSPS) is 10.9. The predicted molar refractivity (Wildman–Crippen MR) is 76.3 cm³/mol. The van der Waals surface area contributed by atoms with E-state index in [1.165, 1.54) is 0 Å². The van der Waals surface area contributed by atoms with Crippen molar-refractivity contribution >= 4 is 16.3 Å². The summed E-state index contributed by atoms with van der Waals surface area (Å²) in [5, 5.41) is 11.3. The van der Waals surface area contributed by atoms with Crippen LogP contribution in [0.15, 0.2) is 36.0 Å². The van der Waals surface area contributed by atoms with Crippen LogP contribution in [0.5, 0.6) is 11.5 Å². The molecule has 0 spiro atoms. The summed E-state index contributed by atoms with van der Waals surface area (Å²) in [5.74, 6) is 1.31.